The van der Waals surface area contributed by atoms with Crippen molar-refractivity contribution in [2.24, 2.45) is 5.41 Å². The van der Waals surface area contributed by atoms with Crippen molar-refractivity contribution in [1.29, 1.82) is 0 Å². The number of Topliss-reactive ketones (excluding diaryl/α,β-unsaturated/α-hetero) is 1. The first-order valence-corrected chi connectivity index (χ1v) is 5.83. The van der Waals surface area contributed by atoms with Crippen LogP contribution in [-0.4, -0.2) is 5.78 Å². The molecule has 0 bridgehead atoms. The van der Waals surface area contributed by atoms with Gasteiger partial charge in [0.05, 0.1) is 4.88 Å². The highest BCUT2D eigenvalue weighted by Gasteiger charge is 2.24. The first-order valence-electron chi connectivity index (χ1n) is 5.02. The maximum absolute atomic E-state index is 12.0. The second-order valence-electron chi connectivity index (χ2n) is 4.73. The molecule has 0 saturated heterocycles. The summed E-state index contributed by atoms with van der Waals surface area (Å²) in [6.07, 6.45) is 0. The Morgan fingerprint density at radius 3 is 2.47 bits per heavy atom. The van der Waals surface area contributed by atoms with Crippen LogP contribution in [0.25, 0.3) is 10.1 Å². The zero-order valence-electron chi connectivity index (χ0n) is 9.20. The largest absolute Gasteiger partial charge is 0.293 e. The molecule has 1 aromatic heterocycles. The number of hydrogen-bond acceptors (Lipinski definition) is 2. The van der Waals surface area contributed by atoms with Crippen LogP contribution >= 0.6 is 11.3 Å². The molecule has 0 unspecified atom stereocenters. The van der Waals surface area contributed by atoms with Crippen LogP contribution in [0.1, 0.15) is 30.4 Å². The van der Waals surface area contributed by atoms with E-state index in [0.29, 0.717) is 0 Å². The van der Waals surface area contributed by atoms with Crippen molar-refractivity contribution in [3.05, 3.63) is 35.2 Å². The fourth-order valence-electron chi connectivity index (χ4n) is 1.46. The Labute approximate surface area is 93.7 Å². The molecule has 1 nitrogen and oxygen atoms in total. The summed E-state index contributed by atoms with van der Waals surface area (Å²) in [5.41, 5.74) is -0.291. The molecule has 1 aromatic carbocycles. The van der Waals surface area contributed by atoms with Gasteiger partial charge in [-0.25, -0.2) is 0 Å². The minimum absolute atomic E-state index is 0.226. The number of ketones is 1. The molecule has 0 aliphatic rings. The summed E-state index contributed by atoms with van der Waals surface area (Å²) in [7, 11) is 0. The van der Waals surface area contributed by atoms with Crippen molar-refractivity contribution in [3.63, 3.8) is 0 Å². The van der Waals surface area contributed by atoms with Crippen LogP contribution in [0.2, 0.25) is 0 Å². The topological polar surface area (TPSA) is 17.1 Å². The van der Waals surface area contributed by atoms with Gasteiger partial charge in [-0.2, -0.15) is 0 Å². The number of benzene rings is 1. The lowest BCUT2D eigenvalue weighted by molar-refractivity contribution is 0.0863. The minimum Gasteiger partial charge on any atom is -0.293 e. The summed E-state index contributed by atoms with van der Waals surface area (Å²) < 4.78 is 1.19. The first-order chi connectivity index (χ1) is 6.98. The molecule has 0 radical (unpaired) electrons. The van der Waals surface area contributed by atoms with E-state index in [4.69, 9.17) is 0 Å². The van der Waals surface area contributed by atoms with Crippen LogP contribution < -0.4 is 0 Å². The third kappa shape index (κ3) is 1.95. The SMILES string of the molecule is CC(C)(C)C(=O)c1cc2ccccc2s1. The highest BCUT2D eigenvalue weighted by Crippen LogP contribution is 2.30. The summed E-state index contributed by atoms with van der Waals surface area (Å²) in [6.45, 7) is 5.87. The van der Waals surface area contributed by atoms with E-state index in [-0.39, 0.29) is 11.2 Å². The van der Waals surface area contributed by atoms with Crippen molar-refractivity contribution in [1.82, 2.24) is 0 Å². The van der Waals surface area contributed by atoms with Gasteiger partial charge in [0.25, 0.3) is 0 Å². The number of carbonyl (C=O) groups excluding carboxylic acids is 1. The molecule has 2 rings (SSSR count). The highest BCUT2D eigenvalue weighted by molar-refractivity contribution is 7.20. The Morgan fingerprint density at radius 1 is 1.20 bits per heavy atom. The number of carbonyl (C=O) groups is 1. The summed E-state index contributed by atoms with van der Waals surface area (Å²) >= 11 is 1.58. The van der Waals surface area contributed by atoms with Crippen LogP contribution in [0.5, 0.6) is 0 Å². The van der Waals surface area contributed by atoms with Crippen LogP contribution in [-0.2, 0) is 0 Å². The fourth-order valence-corrected chi connectivity index (χ4v) is 2.68. The molecule has 0 fully saturated rings. The normalized spacial score (nSPS) is 11.9. The van der Waals surface area contributed by atoms with Crippen molar-refractivity contribution in [2.45, 2.75) is 20.8 Å². The van der Waals surface area contributed by atoms with E-state index in [2.05, 4.69) is 6.07 Å². The third-order valence-electron chi connectivity index (χ3n) is 2.33. The van der Waals surface area contributed by atoms with E-state index < -0.39 is 0 Å². The number of fused-ring (bicyclic) bond motifs is 1. The number of thiophene rings is 1. The molecule has 0 aliphatic heterocycles. The van der Waals surface area contributed by atoms with E-state index in [1.807, 2.05) is 45.0 Å². The molecular formula is C13H14OS. The van der Waals surface area contributed by atoms with Crippen LogP contribution in [0.4, 0.5) is 0 Å². The lowest BCUT2D eigenvalue weighted by Crippen LogP contribution is -2.18. The number of hydrogen-bond donors (Lipinski definition) is 0. The Balaban J connectivity index is 2.50. The lowest BCUT2D eigenvalue weighted by atomic mass is 9.90. The van der Waals surface area contributed by atoms with E-state index in [9.17, 15) is 4.79 Å². The van der Waals surface area contributed by atoms with E-state index >= 15 is 0 Å². The monoisotopic (exact) mass is 218 g/mol. The van der Waals surface area contributed by atoms with Gasteiger partial charge in [-0.1, -0.05) is 39.0 Å². The van der Waals surface area contributed by atoms with Crippen molar-refractivity contribution >= 4 is 27.2 Å². The van der Waals surface area contributed by atoms with Crippen LogP contribution in [0.3, 0.4) is 0 Å². The highest BCUT2D eigenvalue weighted by atomic mass is 32.1. The maximum Gasteiger partial charge on any atom is 0.178 e. The molecule has 1 heterocycles. The standard InChI is InChI=1S/C13H14OS/c1-13(2,3)12(14)11-8-9-6-4-5-7-10(9)15-11/h4-8H,1-3H3. The Hall–Kier alpha value is -1.15. The molecule has 2 aromatic rings. The second-order valence-corrected chi connectivity index (χ2v) is 5.81. The third-order valence-corrected chi connectivity index (χ3v) is 3.45. The zero-order valence-corrected chi connectivity index (χ0v) is 10.0. The lowest BCUT2D eigenvalue weighted by Gasteiger charge is -2.14. The van der Waals surface area contributed by atoms with E-state index in [1.165, 1.54) is 4.70 Å². The molecule has 0 N–H and O–H groups in total. The van der Waals surface area contributed by atoms with Gasteiger partial charge in [-0.15, -0.1) is 11.3 Å². The smallest absolute Gasteiger partial charge is 0.178 e. The van der Waals surface area contributed by atoms with Crippen molar-refractivity contribution < 1.29 is 4.79 Å². The maximum atomic E-state index is 12.0. The summed E-state index contributed by atoms with van der Waals surface area (Å²) in [5.74, 6) is 0.226. The van der Waals surface area contributed by atoms with Gasteiger partial charge in [0.2, 0.25) is 0 Å². The molecule has 2 heteroatoms. The Kier molecular flexibility index (Phi) is 2.39. The van der Waals surface area contributed by atoms with Crippen molar-refractivity contribution in [3.8, 4) is 0 Å². The number of rotatable bonds is 1. The summed E-state index contributed by atoms with van der Waals surface area (Å²) in [4.78, 5) is 12.9. The van der Waals surface area contributed by atoms with Gasteiger partial charge in [-0.3, -0.25) is 4.79 Å². The van der Waals surface area contributed by atoms with Gasteiger partial charge < -0.3 is 0 Å². The molecule has 15 heavy (non-hydrogen) atoms. The Morgan fingerprint density at radius 2 is 1.87 bits per heavy atom. The fraction of sp³-hybridized carbons (Fsp3) is 0.308. The van der Waals surface area contributed by atoms with Gasteiger partial charge in [0.15, 0.2) is 5.78 Å². The molecule has 78 valence electrons. The van der Waals surface area contributed by atoms with Crippen LogP contribution in [0, 0.1) is 5.41 Å². The summed E-state index contributed by atoms with van der Waals surface area (Å²) in [5, 5.41) is 1.16. The average Bonchev–Trinajstić information content (AvgIpc) is 2.58. The zero-order chi connectivity index (χ0) is 11.1. The predicted octanol–water partition coefficient (Wildman–Crippen LogP) is 4.13. The molecule has 0 amide bonds. The second kappa shape index (κ2) is 3.46. The quantitative estimate of drug-likeness (QED) is 0.658. The average molecular weight is 218 g/mol. The molecule has 0 spiro atoms. The van der Waals surface area contributed by atoms with Crippen molar-refractivity contribution in [2.75, 3.05) is 0 Å². The Bertz CT molecular complexity index is 469. The minimum atomic E-state index is -0.291. The van der Waals surface area contributed by atoms with E-state index in [0.717, 1.165) is 10.3 Å². The predicted molar refractivity (Wildman–Crippen MR) is 65.6 cm³/mol. The molecule has 0 saturated carbocycles. The van der Waals surface area contributed by atoms with E-state index in [1.54, 1.807) is 11.3 Å². The molecular weight excluding hydrogens is 204 g/mol. The van der Waals surface area contributed by atoms with Gasteiger partial charge in [0, 0.05) is 10.1 Å². The van der Waals surface area contributed by atoms with Crippen LogP contribution in [0.15, 0.2) is 30.3 Å². The molecule has 0 atom stereocenters. The van der Waals surface area contributed by atoms with Gasteiger partial charge in [-0.05, 0) is 17.5 Å². The molecule has 0 aliphatic carbocycles. The van der Waals surface area contributed by atoms with Gasteiger partial charge >= 0.3 is 0 Å². The first kappa shape index (κ1) is 10.4. The van der Waals surface area contributed by atoms with Gasteiger partial charge in [0.1, 0.15) is 0 Å². The summed E-state index contributed by atoms with van der Waals surface area (Å²) in [6, 6.07) is 10.1.